The number of morpholine rings is 1. The molecule has 3 aromatic carbocycles. The third-order valence-corrected chi connectivity index (χ3v) is 7.59. The van der Waals surface area contributed by atoms with Crippen LogP contribution in [0.25, 0.3) is 0 Å². The second-order valence-electron chi connectivity index (χ2n) is 10.1. The SMILES string of the molecule is COc1ccc(C(=O)N(CCN2CCOCC2)CC(=O)N2N=C(c3ccccc3F)C[C@@H]2c2ccccc2OC)cc1. The van der Waals surface area contributed by atoms with E-state index in [1.807, 2.05) is 24.3 Å². The van der Waals surface area contributed by atoms with Gasteiger partial charge in [-0.25, -0.2) is 9.40 Å². The summed E-state index contributed by atoms with van der Waals surface area (Å²) in [4.78, 5) is 31.5. The lowest BCUT2D eigenvalue weighted by Gasteiger charge is -2.31. The highest BCUT2D eigenvalue weighted by Crippen LogP contribution is 2.37. The molecule has 1 saturated heterocycles. The van der Waals surface area contributed by atoms with Gasteiger partial charge in [0.1, 0.15) is 23.9 Å². The van der Waals surface area contributed by atoms with Gasteiger partial charge in [-0.1, -0.05) is 36.4 Å². The van der Waals surface area contributed by atoms with Crippen LogP contribution >= 0.6 is 0 Å². The molecule has 3 aromatic rings. The van der Waals surface area contributed by atoms with Crippen LogP contribution in [0.1, 0.15) is 33.9 Å². The molecule has 2 heterocycles. The molecule has 10 heteroatoms. The van der Waals surface area contributed by atoms with Crippen molar-refractivity contribution in [1.29, 1.82) is 0 Å². The molecule has 2 aliphatic heterocycles. The van der Waals surface area contributed by atoms with E-state index in [1.54, 1.807) is 61.6 Å². The predicted molar refractivity (Wildman–Crippen MR) is 156 cm³/mol. The maximum atomic E-state index is 14.8. The third kappa shape index (κ3) is 6.61. The molecule has 1 atom stereocenters. The number of methoxy groups -OCH3 is 2. The summed E-state index contributed by atoms with van der Waals surface area (Å²) in [5.74, 6) is 0.177. The fourth-order valence-electron chi connectivity index (χ4n) is 5.27. The summed E-state index contributed by atoms with van der Waals surface area (Å²) < 4.78 is 31.1. The van der Waals surface area contributed by atoms with Crippen molar-refractivity contribution in [3.05, 3.63) is 95.3 Å². The van der Waals surface area contributed by atoms with Gasteiger partial charge in [0, 0.05) is 49.3 Å². The summed E-state index contributed by atoms with van der Waals surface area (Å²) in [7, 11) is 3.13. The first kappa shape index (κ1) is 29.2. The van der Waals surface area contributed by atoms with Crippen LogP contribution in [0.2, 0.25) is 0 Å². The molecule has 0 spiro atoms. The zero-order valence-electron chi connectivity index (χ0n) is 23.9. The highest BCUT2D eigenvalue weighted by atomic mass is 19.1. The Morgan fingerprint density at radius 1 is 0.976 bits per heavy atom. The summed E-state index contributed by atoms with van der Waals surface area (Å²) in [6.45, 7) is 3.52. The molecule has 2 amide bonds. The number of hydrogen-bond acceptors (Lipinski definition) is 7. The molecule has 1 fully saturated rings. The van der Waals surface area contributed by atoms with Crippen molar-refractivity contribution in [3.63, 3.8) is 0 Å². The summed E-state index contributed by atoms with van der Waals surface area (Å²) in [6.07, 6.45) is 0.299. The van der Waals surface area contributed by atoms with Crippen LogP contribution in [-0.2, 0) is 9.53 Å². The van der Waals surface area contributed by atoms with Gasteiger partial charge in [0.2, 0.25) is 0 Å². The van der Waals surface area contributed by atoms with Gasteiger partial charge in [-0.05, 0) is 36.4 Å². The normalized spacial score (nSPS) is 17.1. The number of hydrazone groups is 1. The van der Waals surface area contributed by atoms with Gasteiger partial charge in [-0.2, -0.15) is 5.10 Å². The number of rotatable bonds is 10. The molecule has 5 rings (SSSR count). The van der Waals surface area contributed by atoms with Gasteiger partial charge in [-0.3, -0.25) is 14.5 Å². The molecule has 0 aromatic heterocycles. The van der Waals surface area contributed by atoms with E-state index in [9.17, 15) is 14.0 Å². The van der Waals surface area contributed by atoms with E-state index in [0.717, 1.165) is 18.7 Å². The van der Waals surface area contributed by atoms with Crippen LogP contribution in [0.5, 0.6) is 11.5 Å². The van der Waals surface area contributed by atoms with Crippen molar-refractivity contribution >= 4 is 17.5 Å². The average Bonchev–Trinajstić information content (AvgIpc) is 3.48. The number of para-hydroxylation sites is 1. The van der Waals surface area contributed by atoms with Crippen LogP contribution in [0.4, 0.5) is 4.39 Å². The van der Waals surface area contributed by atoms with Crippen LogP contribution < -0.4 is 9.47 Å². The predicted octanol–water partition coefficient (Wildman–Crippen LogP) is 4.00. The molecule has 0 bridgehead atoms. The Balaban J connectivity index is 1.44. The maximum Gasteiger partial charge on any atom is 0.262 e. The Hall–Kier alpha value is -4.28. The van der Waals surface area contributed by atoms with Gasteiger partial charge < -0.3 is 19.1 Å². The quantitative estimate of drug-likeness (QED) is 0.364. The Labute approximate surface area is 245 Å². The Bertz CT molecular complexity index is 1420. The van der Waals surface area contributed by atoms with Crippen molar-refractivity contribution in [2.45, 2.75) is 12.5 Å². The minimum Gasteiger partial charge on any atom is -0.497 e. The summed E-state index contributed by atoms with van der Waals surface area (Å²) in [6, 6.07) is 20.1. The van der Waals surface area contributed by atoms with Crippen LogP contribution in [-0.4, -0.2) is 92.5 Å². The van der Waals surface area contributed by atoms with E-state index < -0.39 is 11.9 Å². The Kier molecular flexibility index (Phi) is 9.45. The molecule has 0 N–H and O–H groups in total. The molecule has 2 aliphatic rings. The van der Waals surface area contributed by atoms with E-state index in [2.05, 4.69) is 10.0 Å². The molecule has 42 heavy (non-hydrogen) atoms. The number of amides is 2. The number of carbonyl (C=O) groups excluding carboxylic acids is 2. The number of ether oxygens (including phenoxy) is 3. The molecule has 220 valence electrons. The minimum absolute atomic E-state index is 0.200. The zero-order valence-corrected chi connectivity index (χ0v) is 23.9. The van der Waals surface area contributed by atoms with Crippen molar-refractivity contribution in [2.75, 3.05) is 60.2 Å². The van der Waals surface area contributed by atoms with Crippen LogP contribution in [0, 0.1) is 5.82 Å². The number of carbonyl (C=O) groups is 2. The summed E-state index contributed by atoms with van der Waals surface area (Å²) in [5.41, 5.74) is 2.00. The number of benzene rings is 3. The second-order valence-corrected chi connectivity index (χ2v) is 10.1. The highest BCUT2D eigenvalue weighted by molar-refractivity contribution is 6.04. The topological polar surface area (TPSA) is 83.9 Å². The van der Waals surface area contributed by atoms with Gasteiger partial charge in [0.05, 0.1) is 39.2 Å². The van der Waals surface area contributed by atoms with Crippen LogP contribution in [0.3, 0.4) is 0 Å². The lowest BCUT2D eigenvalue weighted by atomic mass is 9.97. The molecule has 9 nitrogen and oxygen atoms in total. The largest absolute Gasteiger partial charge is 0.497 e. The fraction of sp³-hybridized carbons (Fsp3) is 0.344. The van der Waals surface area contributed by atoms with Gasteiger partial charge in [0.25, 0.3) is 11.8 Å². The lowest BCUT2D eigenvalue weighted by molar-refractivity contribution is -0.133. The summed E-state index contributed by atoms with van der Waals surface area (Å²) in [5, 5.41) is 6.01. The van der Waals surface area contributed by atoms with Gasteiger partial charge in [-0.15, -0.1) is 0 Å². The first-order valence-electron chi connectivity index (χ1n) is 14.0. The van der Waals surface area contributed by atoms with Gasteiger partial charge in [0.15, 0.2) is 0 Å². The Morgan fingerprint density at radius 3 is 2.40 bits per heavy atom. The molecule has 0 radical (unpaired) electrons. The Morgan fingerprint density at radius 2 is 1.69 bits per heavy atom. The summed E-state index contributed by atoms with van der Waals surface area (Å²) >= 11 is 0. The van der Waals surface area contributed by atoms with Crippen molar-refractivity contribution in [1.82, 2.24) is 14.8 Å². The molecular weight excluding hydrogens is 539 g/mol. The van der Waals surface area contributed by atoms with Crippen molar-refractivity contribution in [2.24, 2.45) is 5.10 Å². The minimum atomic E-state index is -0.527. The molecule has 0 aliphatic carbocycles. The standard InChI is InChI=1S/C32H35FN4O5/c1-40-24-13-11-23(12-14-24)32(39)36(16-15-35-17-19-42-20-18-35)22-31(38)37-29(26-8-4-6-10-30(26)41-2)21-28(34-37)25-7-3-5-9-27(25)33/h3-14,29H,15-22H2,1-2H3/t29-/m1/s1. The third-order valence-electron chi connectivity index (χ3n) is 7.59. The van der Waals surface area contributed by atoms with Crippen LogP contribution in [0.15, 0.2) is 77.9 Å². The molecule has 0 saturated carbocycles. The lowest BCUT2D eigenvalue weighted by Crippen LogP contribution is -2.46. The van der Waals surface area contributed by atoms with E-state index in [4.69, 9.17) is 14.2 Å². The first-order chi connectivity index (χ1) is 20.5. The number of halogens is 1. The molecule has 0 unspecified atom stereocenters. The van der Waals surface area contributed by atoms with E-state index >= 15 is 0 Å². The van der Waals surface area contributed by atoms with E-state index in [1.165, 1.54) is 11.1 Å². The van der Waals surface area contributed by atoms with Gasteiger partial charge >= 0.3 is 0 Å². The monoisotopic (exact) mass is 574 g/mol. The maximum absolute atomic E-state index is 14.8. The number of nitrogens with zero attached hydrogens (tertiary/aromatic N) is 4. The number of hydrogen-bond donors (Lipinski definition) is 0. The highest BCUT2D eigenvalue weighted by Gasteiger charge is 2.36. The first-order valence-corrected chi connectivity index (χ1v) is 14.0. The van der Waals surface area contributed by atoms with E-state index in [0.29, 0.717) is 61.1 Å². The zero-order chi connectivity index (χ0) is 29.5. The second kappa shape index (κ2) is 13.6. The average molecular weight is 575 g/mol. The molecular formula is C32H35FN4O5. The fourth-order valence-corrected chi connectivity index (χ4v) is 5.27. The van der Waals surface area contributed by atoms with E-state index in [-0.39, 0.29) is 18.4 Å². The smallest absolute Gasteiger partial charge is 0.262 e. The van der Waals surface area contributed by atoms with Crippen molar-refractivity contribution < 1.29 is 28.2 Å². The van der Waals surface area contributed by atoms with Crippen molar-refractivity contribution in [3.8, 4) is 11.5 Å².